The van der Waals surface area contributed by atoms with Crippen LogP contribution in [0.1, 0.15) is 39.5 Å². The summed E-state index contributed by atoms with van der Waals surface area (Å²) in [5, 5.41) is 0. The van der Waals surface area contributed by atoms with E-state index in [9.17, 15) is 0 Å². The van der Waals surface area contributed by atoms with Crippen molar-refractivity contribution in [2.45, 2.75) is 48.8 Å². The van der Waals surface area contributed by atoms with Gasteiger partial charge in [0.05, 0.1) is 0 Å². The fourth-order valence-corrected chi connectivity index (χ4v) is 14.0. The zero-order valence-electron chi connectivity index (χ0n) is 12.3. The normalized spacial score (nSPS) is 20.5. The van der Waals surface area contributed by atoms with Crippen molar-refractivity contribution in [1.29, 1.82) is 0 Å². The Labute approximate surface area is 114 Å². The van der Waals surface area contributed by atoms with Crippen LogP contribution in [-0.2, 0) is 17.4 Å². The molecule has 0 aromatic rings. The Morgan fingerprint density at radius 3 is 2.33 bits per heavy atom. The van der Waals surface area contributed by atoms with Gasteiger partial charge in [0.1, 0.15) is 0 Å². The monoisotopic (exact) mass is 336 g/mol. The van der Waals surface area contributed by atoms with Crippen molar-refractivity contribution < 1.29 is 17.4 Å². The predicted molar refractivity (Wildman–Crippen MR) is 82.4 cm³/mol. The molecule has 0 unspecified atom stereocenters. The molecule has 0 amide bonds. The molecule has 0 N–H and O–H groups in total. The molecule has 98 valence electrons. The van der Waals surface area contributed by atoms with Gasteiger partial charge in [-0.15, -0.1) is 0 Å². The zero-order chi connectivity index (χ0) is 13.4. The van der Waals surface area contributed by atoms with Crippen LogP contribution in [0.3, 0.4) is 0 Å². The first-order chi connectivity index (χ1) is 8.37. The van der Waals surface area contributed by atoms with Crippen LogP contribution in [0.4, 0.5) is 0 Å². The van der Waals surface area contributed by atoms with Gasteiger partial charge in [-0.25, -0.2) is 0 Å². The molecular formula is C16H26SiZr. The molecule has 0 aromatic carbocycles. The van der Waals surface area contributed by atoms with Gasteiger partial charge >= 0.3 is 115 Å². The first kappa shape index (κ1) is 14.5. The third-order valence-electron chi connectivity index (χ3n) is 4.85. The van der Waals surface area contributed by atoms with E-state index in [1.807, 2.05) is 3.28 Å². The predicted octanol–water partition coefficient (Wildman–Crippen LogP) is 4.57. The zero-order valence-corrected chi connectivity index (χ0v) is 16.2. The second-order valence-corrected chi connectivity index (χ2v) is 35.6. The minimum atomic E-state index is -2.76. The number of rotatable bonds is 4. The molecule has 18 heavy (non-hydrogen) atoms. The van der Waals surface area contributed by atoms with E-state index in [0.717, 1.165) is 0 Å². The van der Waals surface area contributed by atoms with Gasteiger partial charge in [0.2, 0.25) is 0 Å². The molecule has 0 bridgehead atoms. The van der Waals surface area contributed by atoms with Crippen LogP contribution in [0.2, 0.25) is 9.26 Å². The third kappa shape index (κ3) is 2.39. The third-order valence-corrected chi connectivity index (χ3v) is 22.0. The van der Waals surface area contributed by atoms with Gasteiger partial charge in [-0.1, -0.05) is 0 Å². The number of allylic oxidation sites excluding steroid dienone is 8. The average molecular weight is 338 g/mol. The molecule has 2 rings (SSSR count). The van der Waals surface area contributed by atoms with Crippen LogP contribution >= 0.6 is 0 Å². The van der Waals surface area contributed by atoms with Crippen LogP contribution in [0, 0.1) is 0 Å². The van der Waals surface area contributed by atoms with Gasteiger partial charge in [0.25, 0.3) is 0 Å². The van der Waals surface area contributed by atoms with Gasteiger partial charge in [-0.05, 0) is 0 Å². The molecule has 0 saturated heterocycles. The molecule has 0 atom stereocenters. The van der Waals surface area contributed by atoms with E-state index < -0.39 is 17.4 Å². The van der Waals surface area contributed by atoms with Crippen LogP contribution in [0.5, 0.6) is 0 Å². The Bertz CT molecular complexity index is 550. The summed E-state index contributed by atoms with van der Waals surface area (Å²) in [6, 6.07) is 0. The Morgan fingerprint density at radius 2 is 1.89 bits per heavy atom. The molecule has 2 aliphatic rings. The van der Waals surface area contributed by atoms with Crippen molar-refractivity contribution in [2.24, 2.45) is 0 Å². The summed E-state index contributed by atoms with van der Waals surface area (Å²) in [7, 11) is 0. The van der Waals surface area contributed by atoms with E-state index in [-0.39, 0.29) is 0 Å². The van der Waals surface area contributed by atoms with E-state index in [4.69, 9.17) is 0 Å². The first-order valence-electron chi connectivity index (χ1n) is 7.23. The van der Waals surface area contributed by atoms with Crippen molar-refractivity contribution in [1.82, 2.24) is 0 Å². The van der Waals surface area contributed by atoms with Crippen LogP contribution < -0.4 is 0 Å². The van der Waals surface area contributed by atoms with Crippen molar-refractivity contribution in [3.8, 4) is 0 Å². The standard InChI is InChI=1S/C9H13.C5H5.2CH3.H2Si.Zr/c1-3-8-6-5-7-9(8)4-2;1-2-4-5-3-1;;;;/h6H,3-4,7H2,1-2H3;1-3H,4H2;2*1H3;1H2;. The Balaban J connectivity index is 2.37. The summed E-state index contributed by atoms with van der Waals surface area (Å²) < 4.78 is 8.83. The second kappa shape index (κ2) is 4.87. The van der Waals surface area contributed by atoms with Crippen molar-refractivity contribution in [3.63, 3.8) is 0 Å². The molecule has 0 nitrogen and oxygen atoms in total. The summed E-state index contributed by atoms with van der Waals surface area (Å²) in [6.07, 6.45) is 14.5. The minimum absolute atomic E-state index is 1.21. The van der Waals surface area contributed by atoms with E-state index >= 15 is 0 Å². The van der Waals surface area contributed by atoms with Crippen LogP contribution in [0.15, 0.2) is 42.0 Å². The molecular weight excluding hydrogens is 311 g/mol. The summed E-state index contributed by atoms with van der Waals surface area (Å²) >= 11 is -2.76. The van der Waals surface area contributed by atoms with Crippen molar-refractivity contribution >= 4 is 6.88 Å². The summed E-state index contributed by atoms with van der Waals surface area (Å²) in [5.41, 5.74) is 3.34. The summed E-state index contributed by atoms with van der Waals surface area (Å²) in [4.78, 5) is 0. The fourth-order valence-electron chi connectivity index (χ4n) is 3.17. The Kier molecular flexibility index (Phi) is 3.91. The quantitative estimate of drug-likeness (QED) is 0.659. The summed E-state index contributed by atoms with van der Waals surface area (Å²) in [5.74, 6) is 0. The second-order valence-electron chi connectivity index (χ2n) is 6.69. The number of hydrogen-bond acceptors (Lipinski definition) is 0. The van der Waals surface area contributed by atoms with E-state index in [0.29, 0.717) is 0 Å². The molecule has 2 heteroatoms. The molecule has 0 saturated carbocycles. The SMILES string of the molecule is CCC1=C(CC)C[C]([Zr]([CH3])([CH3])(=[SiH2])[C]2=CC=CC2)=C1. The van der Waals surface area contributed by atoms with Gasteiger partial charge in [-0.2, -0.15) is 0 Å². The van der Waals surface area contributed by atoms with E-state index in [1.54, 1.807) is 14.4 Å². The molecule has 0 radical (unpaired) electrons. The topological polar surface area (TPSA) is 0 Å². The van der Waals surface area contributed by atoms with Gasteiger partial charge in [-0.3, -0.25) is 0 Å². The summed E-state index contributed by atoms with van der Waals surface area (Å²) in [6.45, 7) is 6.97. The van der Waals surface area contributed by atoms with E-state index in [2.05, 4.69) is 54.3 Å². The van der Waals surface area contributed by atoms with Crippen molar-refractivity contribution in [3.05, 3.63) is 42.0 Å². The molecule has 2 aliphatic carbocycles. The molecule has 0 aliphatic heterocycles. The number of hydrogen-bond donors (Lipinski definition) is 0. The van der Waals surface area contributed by atoms with Gasteiger partial charge in [0.15, 0.2) is 0 Å². The Morgan fingerprint density at radius 1 is 1.17 bits per heavy atom. The Hall–Kier alpha value is 0.0600. The molecule has 0 spiro atoms. The molecule has 0 heterocycles. The van der Waals surface area contributed by atoms with Crippen molar-refractivity contribution in [2.75, 3.05) is 0 Å². The van der Waals surface area contributed by atoms with Gasteiger partial charge < -0.3 is 0 Å². The van der Waals surface area contributed by atoms with Crippen LogP contribution in [0.25, 0.3) is 0 Å². The molecule has 0 aromatic heterocycles. The van der Waals surface area contributed by atoms with Gasteiger partial charge in [0, 0.05) is 0 Å². The average Bonchev–Trinajstić information content (AvgIpc) is 2.98. The van der Waals surface area contributed by atoms with Crippen LogP contribution in [-0.4, -0.2) is 6.88 Å². The maximum absolute atomic E-state index is 2.76. The first-order valence-corrected chi connectivity index (χ1v) is 20.5. The molecule has 0 fully saturated rings. The maximum atomic E-state index is 2.62. The fraction of sp³-hybridized carbons (Fsp3) is 0.500. The van der Waals surface area contributed by atoms with E-state index in [1.165, 1.54) is 25.7 Å².